The molecule has 0 saturated heterocycles. The number of fused-ring (bicyclic) bond motifs is 5. The van der Waals surface area contributed by atoms with Gasteiger partial charge in [-0.1, -0.05) is 40.5 Å². The number of hydrogen-bond acceptors (Lipinski definition) is 6. The number of benzene rings is 1. The topological polar surface area (TPSA) is 94.9 Å². The van der Waals surface area contributed by atoms with E-state index in [0.29, 0.717) is 41.9 Å². The van der Waals surface area contributed by atoms with Crippen molar-refractivity contribution in [2.75, 3.05) is 24.7 Å². The van der Waals surface area contributed by atoms with Crippen LogP contribution in [0.5, 0.6) is 0 Å². The molecule has 4 saturated carbocycles. The Balaban J connectivity index is 1.20. The number of carbonyl (C=O) groups excluding carboxylic acids is 1. The van der Waals surface area contributed by atoms with Gasteiger partial charge in [0.05, 0.1) is 17.1 Å². The summed E-state index contributed by atoms with van der Waals surface area (Å²) in [6, 6.07) is 6.73. The van der Waals surface area contributed by atoms with Gasteiger partial charge >= 0.3 is 0 Å². The summed E-state index contributed by atoms with van der Waals surface area (Å²) in [5, 5.41) is 22.5. The maximum absolute atomic E-state index is 12.9. The van der Waals surface area contributed by atoms with E-state index < -0.39 is 15.6 Å². The Morgan fingerprint density at radius 3 is 2.28 bits per heavy atom. The molecule has 4 fully saturated rings. The lowest BCUT2D eigenvalue weighted by atomic mass is 9.41. The number of ketones is 1. The highest BCUT2D eigenvalue weighted by Crippen LogP contribution is 2.69. The summed E-state index contributed by atoms with van der Waals surface area (Å²) < 4.78 is 25.8. The highest BCUT2D eigenvalue weighted by atomic mass is 32.2. The standard InChI is InChI=1S/C36H57NO5S/c1-7-28-32-21-25(38)17-19-36(32,4)31-18-20-35(3)29(15-16-30(35)33(31)34(28)40)23(2)9-8-10-26(39)22-43(41,42)27-13-11-24(12-14-27)37(5)6/h11-14,23,25,28-34,38,40H,7-10,15-22H2,1-6H3/t23-,25-,28-,29-,30+,31+,32+,33+,34-,35-,36-/m1/s1. The SMILES string of the molecule is CC[C@H]1[C@@H](O)[C@@H]2[C@H](CC[C@]3(C)[C@@H]([C@H](C)CCCC(=O)CS(=O)(=O)c4ccc(N(C)C)cc4)CC[C@@H]23)[C@@]2(C)CC[C@@H](O)C[C@@H]12. The Morgan fingerprint density at radius 1 is 0.977 bits per heavy atom. The van der Waals surface area contributed by atoms with Crippen LogP contribution in [-0.4, -0.2) is 56.5 Å². The van der Waals surface area contributed by atoms with Gasteiger partial charge in [0, 0.05) is 26.2 Å². The van der Waals surface area contributed by atoms with Crippen molar-refractivity contribution in [3.63, 3.8) is 0 Å². The molecule has 0 radical (unpaired) electrons. The lowest BCUT2D eigenvalue weighted by Gasteiger charge is -2.64. The highest BCUT2D eigenvalue weighted by molar-refractivity contribution is 7.92. The molecule has 0 unspecified atom stereocenters. The second-order valence-electron chi connectivity index (χ2n) is 15.7. The zero-order valence-corrected chi connectivity index (χ0v) is 28.3. The van der Waals surface area contributed by atoms with Crippen molar-refractivity contribution < 1.29 is 23.4 Å². The molecular formula is C36H57NO5S. The van der Waals surface area contributed by atoms with E-state index in [2.05, 4.69) is 27.7 Å². The third kappa shape index (κ3) is 5.96. The predicted octanol–water partition coefficient (Wildman–Crippen LogP) is 6.53. The van der Waals surface area contributed by atoms with Gasteiger partial charge in [-0.2, -0.15) is 0 Å². The lowest BCUT2D eigenvalue weighted by Crippen LogP contribution is -2.62. The molecule has 43 heavy (non-hydrogen) atoms. The minimum Gasteiger partial charge on any atom is -0.393 e. The van der Waals surface area contributed by atoms with E-state index >= 15 is 0 Å². The van der Waals surface area contributed by atoms with Crippen LogP contribution in [0.15, 0.2) is 29.2 Å². The molecule has 0 aliphatic heterocycles. The molecule has 2 N–H and O–H groups in total. The number of hydrogen-bond donors (Lipinski definition) is 2. The minimum atomic E-state index is -3.64. The number of carbonyl (C=O) groups is 1. The Morgan fingerprint density at radius 2 is 1.63 bits per heavy atom. The first-order valence-electron chi connectivity index (χ1n) is 17.1. The number of anilines is 1. The van der Waals surface area contributed by atoms with Crippen molar-refractivity contribution in [1.29, 1.82) is 0 Å². The van der Waals surface area contributed by atoms with Gasteiger partial charge in [-0.3, -0.25) is 4.79 Å². The zero-order valence-electron chi connectivity index (χ0n) is 27.5. The fourth-order valence-corrected chi connectivity index (χ4v) is 12.4. The predicted molar refractivity (Wildman–Crippen MR) is 173 cm³/mol. The summed E-state index contributed by atoms with van der Waals surface area (Å²) in [5.74, 6) is 2.50. The van der Waals surface area contributed by atoms with Crippen LogP contribution in [-0.2, 0) is 14.6 Å². The van der Waals surface area contributed by atoms with E-state index in [-0.39, 0.29) is 39.6 Å². The first-order valence-corrected chi connectivity index (χ1v) is 18.8. The Kier molecular flexibility index (Phi) is 9.50. The average Bonchev–Trinajstić information content (AvgIpc) is 3.31. The van der Waals surface area contributed by atoms with Gasteiger partial charge in [0.25, 0.3) is 0 Å². The van der Waals surface area contributed by atoms with Gasteiger partial charge in [0.15, 0.2) is 9.84 Å². The van der Waals surface area contributed by atoms with Gasteiger partial charge in [-0.25, -0.2) is 8.42 Å². The van der Waals surface area contributed by atoms with E-state index in [9.17, 15) is 23.4 Å². The molecule has 0 bridgehead atoms. The molecule has 1 aromatic rings. The number of rotatable bonds is 10. The maximum atomic E-state index is 12.9. The van der Waals surface area contributed by atoms with E-state index in [0.717, 1.165) is 44.2 Å². The summed E-state index contributed by atoms with van der Waals surface area (Å²) in [6.07, 6.45) is 9.99. The Bertz CT molecular complexity index is 1250. The van der Waals surface area contributed by atoms with Crippen molar-refractivity contribution in [2.24, 2.45) is 52.3 Å². The third-order valence-electron chi connectivity index (χ3n) is 13.3. The number of aliphatic hydroxyl groups excluding tert-OH is 2. The lowest BCUT2D eigenvalue weighted by molar-refractivity contribution is -0.203. The first-order chi connectivity index (χ1) is 20.2. The number of aliphatic hydroxyl groups is 2. The van der Waals surface area contributed by atoms with Crippen LogP contribution in [0.25, 0.3) is 0 Å². The van der Waals surface area contributed by atoms with Crippen LogP contribution in [0.2, 0.25) is 0 Å². The molecule has 7 heteroatoms. The normalized spacial score (nSPS) is 39.8. The molecule has 0 aromatic heterocycles. The minimum absolute atomic E-state index is 0.198. The smallest absolute Gasteiger partial charge is 0.185 e. The molecule has 242 valence electrons. The molecule has 0 heterocycles. The fourth-order valence-electron chi connectivity index (χ4n) is 11.1. The van der Waals surface area contributed by atoms with Crippen molar-refractivity contribution in [3.8, 4) is 0 Å². The van der Waals surface area contributed by atoms with Crippen molar-refractivity contribution in [3.05, 3.63) is 24.3 Å². The largest absolute Gasteiger partial charge is 0.393 e. The van der Waals surface area contributed by atoms with Gasteiger partial charge in [-0.15, -0.1) is 0 Å². The van der Waals surface area contributed by atoms with E-state index in [1.807, 2.05) is 19.0 Å². The quantitative estimate of drug-likeness (QED) is 0.311. The zero-order chi connectivity index (χ0) is 31.3. The van der Waals surface area contributed by atoms with E-state index in [1.165, 1.54) is 25.7 Å². The Labute approximate surface area is 260 Å². The van der Waals surface area contributed by atoms with Crippen LogP contribution < -0.4 is 4.90 Å². The van der Waals surface area contributed by atoms with Crippen LogP contribution in [0.4, 0.5) is 5.69 Å². The molecule has 5 rings (SSSR count). The van der Waals surface area contributed by atoms with Gasteiger partial charge in [0.1, 0.15) is 11.5 Å². The number of sulfone groups is 1. The van der Waals surface area contributed by atoms with Crippen LogP contribution in [0.3, 0.4) is 0 Å². The van der Waals surface area contributed by atoms with Crippen LogP contribution in [0, 0.1) is 52.3 Å². The monoisotopic (exact) mass is 615 g/mol. The molecule has 4 aliphatic carbocycles. The summed E-state index contributed by atoms with van der Waals surface area (Å²) in [7, 11) is 0.175. The second-order valence-corrected chi connectivity index (χ2v) is 17.7. The molecule has 0 spiro atoms. The van der Waals surface area contributed by atoms with Gasteiger partial charge in [-0.05, 0) is 128 Å². The molecule has 1 aromatic carbocycles. The van der Waals surface area contributed by atoms with Crippen LogP contribution in [0.1, 0.15) is 98.3 Å². The van der Waals surface area contributed by atoms with Crippen molar-refractivity contribution in [2.45, 2.75) is 115 Å². The number of Topliss-reactive ketones (excluding diaryl/α,β-unsaturated/α-hetero) is 1. The molecule has 6 nitrogen and oxygen atoms in total. The summed E-state index contributed by atoms with van der Waals surface area (Å²) >= 11 is 0. The average molecular weight is 616 g/mol. The van der Waals surface area contributed by atoms with Gasteiger partial charge < -0.3 is 15.1 Å². The summed E-state index contributed by atoms with van der Waals surface area (Å²) in [5.41, 5.74) is 1.33. The summed E-state index contributed by atoms with van der Waals surface area (Å²) in [4.78, 5) is 14.9. The Hall–Kier alpha value is -1.44. The third-order valence-corrected chi connectivity index (χ3v) is 15.0. The number of nitrogens with zero attached hydrogens (tertiary/aromatic N) is 1. The van der Waals surface area contributed by atoms with E-state index in [1.54, 1.807) is 24.3 Å². The van der Waals surface area contributed by atoms with Crippen molar-refractivity contribution >= 4 is 21.3 Å². The second kappa shape index (κ2) is 12.4. The van der Waals surface area contributed by atoms with Crippen molar-refractivity contribution in [1.82, 2.24) is 0 Å². The molecular weight excluding hydrogens is 558 g/mol. The van der Waals surface area contributed by atoms with E-state index in [4.69, 9.17) is 0 Å². The fraction of sp³-hybridized carbons (Fsp3) is 0.806. The first kappa shape index (κ1) is 32.9. The van der Waals surface area contributed by atoms with Crippen LogP contribution >= 0.6 is 0 Å². The molecule has 11 atom stereocenters. The van der Waals surface area contributed by atoms with Gasteiger partial charge in [0.2, 0.25) is 0 Å². The highest BCUT2D eigenvalue weighted by Gasteiger charge is 2.64. The summed E-state index contributed by atoms with van der Waals surface area (Å²) in [6.45, 7) is 9.55. The molecule has 4 aliphatic rings. The molecule has 0 amide bonds. The maximum Gasteiger partial charge on any atom is 0.185 e.